The highest BCUT2D eigenvalue weighted by Gasteiger charge is 2.26. The van der Waals surface area contributed by atoms with Gasteiger partial charge in [-0.2, -0.15) is 4.98 Å². The average molecular weight is 410 g/mol. The van der Waals surface area contributed by atoms with Crippen molar-refractivity contribution in [3.05, 3.63) is 59.2 Å². The van der Waals surface area contributed by atoms with E-state index in [-0.39, 0.29) is 28.3 Å². The van der Waals surface area contributed by atoms with Gasteiger partial charge in [-0.1, -0.05) is 11.3 Å². The number of likely N-dealkylation sites (tertiary alicyclic amines) is 1. The molecule has 0 radical (unpaired) electrons. The minimum absolute atomic E-state index is 0.0624. The minimum atomic E-state index is -1.07. The number of amides is 1. The number of halogens is 4. The van der Waals surface area contributed by atoms with Crippen molar-refractivity contribution < 1.29 is 27.1 Å². The first-order valence-corrected chi connectivity index (χ1v) is 9.39. The van der Waals surface area contributed by atoms with Gasteiger partial charge in [0.15, 0.2) is 17.5 Å². The Hall–Kier alpha value is -2.68. The van der Waals surface area contributed by atoms with E-state index in [1.54, 1.807) is 4.90 Å². The van der Waals surface area contributed by atoms with E-state index in [0.29, 0.717) is 30.6 Å². The quantitative estimate of drug-likeness (QED) is 0.596. The third-order valence-corrected chi connectivity index (χ3v) is 5.45. The van der Waals surface area contributed by atoms with E-state index < -0.39 is 23.3 Å². The van der Waals surface area contributed by atoms with E-state index in [1.807, 2.05) is 0 Å². The molecule has 0 atom stereocenters. The van der Waals surface area contributed by atoms with Crippen molar-refractivity contribution in [1.82, 2.24) is 9.88 Å². The van der Waals surface area contributed by atoms with Crippen molar-refractivity contribution in [2.24, 2.45) is 0 Å². The van der Waals surface area contributed by atoms with Crippen LogP contribution in [0.5, 0.6) is 5.19 Å². The van der Waals surface area contributed by atoms with Crippen LogP contribution in [0.25, 0.3) is 10.2 Å². The first-order valence-electron chi connectivity index (χ1n) is 8.57. The zero-order valence-corrected chi connectivity index (χ0v) is 15.2. The van der Waals surface area contributed by atoms with Gasteiger partial charge in [-0.25, -0.2) is 17.6 Å². The molecule has 2 heterocycles. The lowest BCUT2D eigenvalue weighted by molar-refractivity contribution is 0.0595. The third-order valence-electron chi connectivity index (χ3n) is 4.56. The highest BCUT2D eigenvalue weighted by molar-refractivity contribution is 7.20. The van der Waals surface area contributed by atoms with Gasteiger partial charge in [0.25, 0.3) is 11.1 Å². The first-order chi connectivity index (χ1) is 13.4. The Bertz CT molecular complexity index is 1050. The fourth-order valence-corrected chi connectivity index (χ4v) is 4.04. The Balaban J connectivity index is 1.39. The van der Waals surface area contributed by atoms with Gasteiger partial charge in [0.1, 0.15) is 17.4 Å². The Morgan fingerprint density at radius 2 is 1.79 bits per heavy atom. The van der Waals surface area contributed by atoms with Crippen molar-refractivity contribution in [3.63, 3.8) is 0 Å². The van der Waals surface area contributed by atoms with Crippen LogP contribution in [-0.2, 0) is 0 Å². The molecular weight excluding hydrogens is 396 g/mol. The summed E-state index contributed by atoms with van der Waals surface area (Å²) in [7, 11) is 0. The fraction of sp³-hybridized carbons (Fsp3) is 0.263. The molecule has 0 saturated carbocycles. The van der Waals surface area contributed by atoms with Crippen molar-refractivity contribution in [2.75, 3.05) is 13.1 Å². The van der Waals surface area contributed by atoms with E-state index in [2.05, 4.69) is 4.98 Å². The average Bonchev–Trinajstić information content (AvgIpc) is 3.06. The van der Waals surface area contributed by atoms with Crippen molar-refractivity contribution in [2.45, 2.75) is 18.9 Å². The summed E-state index contributed by atoms with van der Waals surface area (Å²) >= 11 is 1.06. The minimum Gasteiger partial charge on any atom is -0.467 e. The molecular formula is C19H14F4N2O2S. The Morgan fingerprint density at radius 3 is 2.50 bits per heavy atom. The molecule has 2 aromatic carbocycles. The summed E-state index contributed by atoms with van der Waals surface area (Å²) in [5.41, 5.74) is 0.147. The van der Waals surface area contributed by atoms with Gasteiger partial charge in [0.05, 0.1) is 4.70 Å². The van der Waals surface area contributed by atoms with E-state index in [4.69, 9.17) is 4.74 Å². The molecule has 0 bridgehead atoms. The molecule has 0 aliphatic carbocycles. The third kappa shape index (κ3) is 3.66. The lowest BCUT2D eigenvalue weighted by atomic mass is 10.1. The van der Waals surface area contributed by atoms with Crippen LogP contribution in [0.3, 0.4) is 0 Å². The zero-order valence-electron chi connectivity index (χ0n) is 14.4. The smallest absolute Gasteiger partial charge is 0.274 e. The van der Waals surface area contributed by atoms with Crippen LogP contribution in [0.2, 0.25) is 0 Å². The standard InChI is InChI=1S/C19H14F4N2O2S/c20-11-8-15(23)17-16(9-11)28-19(24-17)27-12-3-5-25(6-4-12)18(26)10-1-2-13(21)14(22)7-10/h1-2,7-9,12H,3-6H2. The maximum Gasteiger partial charge on any atom is 0.274 e. The van der Waals surface area contributed by atoms with Crippen molar-refractivity contribution in [3.8, 4) is 5.19 Å². The van der Waals surface area contributed by atoms with Crippen LogP contribution in [0.15, 0.2) is 30.3 Å². The predicted octanol–water partition coefficient (Wildman–Crippen LogP) is 4.54. The molecule has 0 spiro atoms. The Morgan fingerprint density at radius 1 is 1.04 bits per heavy atom. The van der Waals surface area contributed by atoms with E-state index in [1.165, 1.54) is 12.1 Å². The Labute approximate surface area is 161 Å². The number of ether oxygens (including phenoxy) is 1. The largest absolute Gasteiger partial charge is 0.467 e. The molecule has 1 aromatic heterocycles. The summed E-state index contributed by atoms with van der Waals surface area (Å²) in [6.45, 7) is 0.743. The number of carbonyl (C=O) groups excluding carboxylic acids is 1. The molecule has 4 rings (SSSR count). The fourth-order valence-electron chi connectivity index (χ4n) is 3.12. The van der Waals surface area contributed by atoms with Gasteiger partial charge >= 0.3 is 0 Å². The second-order valence-electron chi connectivity index (χ2n) is 6.45. The van der Waals surface area contributed by atoms with Crippen molar-refractivity contribution in [1.29, 1.82) is 0 Å². The molecule has 3 aromatic rings. The SMILES string of the molecule is O=C(c1ccc(F)c(F)c1)N1CCC(Oc2nc3c(F)cc(F)cc3s2)CC1. The van der Waals surface area contributed by atoms with E-state index >= 15 is 0 Å². The van der Waals surface area contributed by atoms with Gasteiger partial charge in [-0.3, -0.25) is 4.79 Å². The van der Waals surface area contributed by atoms with Crippen LogP contribution in [0.1, 0.15) is 23.2 Å². The molecule has 9 heteroatoms. The maximum absolute atomic E-state index is 13.7. The number of rotatable bonds is 3. The van der Waals surface area contributed by atoms with Crippen LogP contribution < -0.4 is 4.74 Å². The number of thiazole rings is 1. The molecule has 4 nitrogen and oxygen atoms in total. The monoisotopic (exact) mass is 410 g/mol. The molecule has 146 valence electrons. The van der Waals surface area contributed by atoms with Gasteiger partial charge < -0.3 is 9.64 Å². The highest BCUT2D eigenvalue weighted by atomic mass is 32.1. The maximum atomic E-state index is 13.7. The number of fused-ring (bicyclic) bond motifs is 1. The molecule has 1 saturated heterocycles. The molecule has 1 aliphatic heterocycles. The van der Waals surface area contributed by atoms with Crippen LogP contribution in [0, 0.1) is 23.3 Å². The summed E-state index contributed by atoms with van der Waals surface area (Å²) in [5, 5.41) is 0.241. The van der Waals surface area contributed by atoms with Gasteiger partial charge in [0.2, 0.25) is 0 Å². The van der Waals surface area contributed by atoms with Crippen LogP contribution >= 0.6 is 11.3 Å². The second kappa shape index (κ2) is 7.38. The van der Waals surface area contributed by atoms with Crippen molar-refractivity contribution >= 4 is 27.5 Å². The number of aromatic nitrogens is 1. The summed E-state index contributed by atoms with van der Waals surface area (Å²) in [4.78, 5) is 18.0. The van der Waals surface area contributed by atoms with E-state index in [9.17, 15) is 22.4 Å². The number of nitrogens with zero attached hydrogens (tertiary/aromatic N) is 2. The van der Waals surface area contributed by atoms with Gasteiger partial charge in [0, 0.05) is 37.6 Å². The zero-order chi connectivity index (χ0) is 19.8. The normalized spacial score (nSPS) is 15.2. The first kappa shape index (κ1) is 18.7. The number of piperidine rings is 1. The number of hydrogen-bond donors (Lipinski definition) is 0. The lowest BCUT2D eigenvalue weighted by Crippen LogP contribution is -2.41. The molecule has 1 amide bonds. The molecule has 28 heavy (non-hydrogen) atoms. The van der Waals surface area contributed by atoms with E-state index in [0.717, 1.165) is 29.5 Å². The summed E-state index contributed by atoms with van der Waals surface area (Å²) in [6.07, 6.45) is 0.771. The Kier molecular flexibility index (Phi) is 4.92. The second-order valence-corrected chi connectivity index (χ2v) is 7.45. The summed E-state index contributed by atoms with van der Waals surface area (Å²) in [6, 6.07) is 5.03. The number of hydrogen-bond acceptors (Lipinski definition) is 4. The topological polar surface area (TPSA) is 42.4 Å². The molecule has 0 N–H and O–H groups in total. The predicted molar refractivity (Wildman–Crippen MR) is 95.4 cm³/mol. The van der Waals surface area contributed by atoms with Gasteiger partial charge in [-0.05, 0) is 24.3 Å². The summed E-state index contributed by atoms with van der Waals surface area (Å²) in [5.74, 6) is -3.87. The lowest BCUT2D eigenvalue weighted by Gasteiger charge is -2.31. The summed E-state index contributed by atoms with van der Waals surface area (Å²) < 4.78 is 59.5. The highest BCUT2D eigenvalue weighted by Crippen LogP contribution is 2.32. The number of benzene rings is 2. The van der Waals surface area contributed by atoms with Gasteiger partial charge in [-0.15, -0.1) is 0 Å². The van der Waals surface area contributed by atoms with Crippen LogP contribution in [0.4, 0.5) is 17.6 Å². The number of carbonyl (C=O) groups is 1. The molecule has 0 unspecified atom stereocenters. The van der Waals surface area contributed by atoms with Crippen LogP contribution in [-0.4, -0.2) is 35.0 Å². The molecule has 1 fully saturated rings. The molecule has 1 aliphatic rings.